The van der Waals surface area contributed by atoms with Crippen LogP contribution in [0, 0.1) is 11.7 Å². The number of halogens is 1. The predicted octanol–water partition coefficient (Wildman–Crippen LogP) is 2.55. The summed E-state index contributed by atoms with van der Waals surface area (Å²) in [6, 6.07) is 6.33. The molecule has 0 aliphatic rings. The predicted molar refractivity (Wildman–Crippen MR) is 73.4 cm³/mol. The maximum atomic E-state index is 13.3. The van der Waals surface area contributed by atoms with Crippen molar-refractivity contribution < 1.29 is 13.9 Å². The van der Waals surface area contributed by atoms with Gasteiger partial charge in [-0.2, -0.15) is 0 Å². The quantitative estimate of drug-likeness (QED) is 0.735. The van der Waals surface area contributed by atoms with E-state index in [9.17, 15) is 9.18 Å². The van der Waals surface area contributed by atoms with Crippen LogP contribution in [0.3, 0.4) is 0 Å². The van der Waals surface area contributed by atoms with E-state index in [2.05, 4.69) is 19.2 Å². The van der Waals surface area contributed by atoms with Crippen molar-refractivity contribution in [1.82, 2.24) is 5.32 Å². The standard InChI is InChI=1S/C15H22FNO2/c1-12(2)11-19-9-5-8-17-15(18)10-13-6-3-4-7-14(13)16/h3-4,6-7,12H,5,8-11H2,1-2H3,(H,17,18). The third kappa shape index (κ3) is 6.91. The van der Waals surface area contributed by atoms with E-state index in [-0.39, 0.29) is 18.1 Å². The summed E-state index contributed by atoms with van der Waals surface area (Å²) in [6.07, 6.45) is 0.856. The van der Waals surface area contributed by atoms with Gasteiger partial charge in [0.05, 0.1) is 6.42 Å². The lowest BCUT2D eigenvalue weighted by Crippen LogP contribution is -2.27. The Morgan fingerprint density at radius 3 is 2.79 bits per heavy atom. The third-order valence-corrected chi connectivity index (χ3v) is 2.55. The molecule has 3 nitrogen and oxygen atoms in total. The van der Waals surface area contributed by atoms with Gasteiger partial charge in [0.2, 0.25) is 5.91 Å². The van der Waals surface area contributed by atoms with Crippen LogP contribution in [0.5, 0.6) is 0 Å². The first-order valence-corrected chi connectivity index (χ1v) is 6.67. The molecule has 0 aromatic heterocycles. The molecule has 0 aliphatic carbocycles. The molecule has 0 fully saturated rings. The Labute approximate surface area is 114 Å². The zero-order chi connectivity index (χ0) is 14.1. The molecular weight excluding hydrogens is 245 g/mol. The summed E-state index contributed by atoms with van der Waals surface area (Å²) in [5.74, 6) is 0.0301. The molecule has 0 aliphatic heterocycles. The maximum Gasteiger partial charge on any atom is 0.224 e. The number of ether oxygens (including phenoxy) is 1. The van der Waals surface area contributed by atoms with E-state index >= 15 is 0 Å². The van der Waals surface area contributed by atoms with Gasteiger partial charge in [0.25, 0.3) is 0 Å². The molecule has 0 heterocycles. The van der Waals surface area contributed by atoms with Crippen molar-refractivity contribution in [3.63, 3.8) is 0 Å². The van der Waals surface area contributed by atoms with Gasteiger partial charge in [-0.1, -0.05) is 32.0 Å². The Morgan fingerprint density at radius 1 is 1.37 bits per heavy atom. The number of carbonyl (C=O) groups excluding carboxylic acids is 1. The number of hydrogen-bond acceptors (Lipinski definition) is 2. The van der Waals surface area contributed by atoms with Crippen LogP contribution in [0.1, 0.15) is 25.8 Å². The fourth-order valence-corrected chi connectivity index (χ4v) is 1.60. The molecule has 1 rings (SSSR count). The van der Waals surface area contributed by atoms with Gasteiger partial charge in [0, 0.05) is 19.8 Å². The molecule has 0 spiro atoms. The summed E-state index contributed by atoms with van der Waals surface area (Å²) < 4.78 is 18.7. The summed E-state index contributed by atoms with van der Waals surface area (Å²) in [5.41, 5.74) is 0.427. The van der Waals surface area contributed by atoms with E-state index in [0.29, 0.717) is 24.6 Å². The van der Waals surface area contributed by atoms with Crippen LogP contribution in [-0.4, -0.2) is 25.7 Å². The first-order valence-electron chi connectivity index (χ1n) is 6.67. The number of rotatable bonds is 8. The zero-order valence-electron chi connectivity index (χ0n) is 11.6. The molecule has 106 valence electrons. The molecule has 0 saturated heterocycles. The number of benzene rings is 1. The lowest BCUT2D eigenvalue weighted by Gasteiger charge is -2.08. The summed E-state index contributed by atoms with van der Waals surface area (Å²) in [7, 11) is 0. The molecule has 0 saturated carbocycles. The van der Waals surface area contributed by atoms with Crippen molar-refractivity contribution >= 4 is 5.91 Å². The second-order valence-electron chi connectivity index (χ2n) is 4.94. The van der Waals surface area contributed by atoms with Crippen molar-refractivity contribution in [2.45, 2.75) is 26.7 Å². The minimum absolute atomic E-state index is 0.0829. The van der Waals surface area contributed by atoms with Crippen molar-refractivity contribution in [1.29, 1.82) is 0 Å². The molecule has 4 heteroatoms. The van der Waals surface area contributed by atoms with Crippen LogP contribution < -0.4 is 5.32 Å². The highest BCUT2D eigenvalue weighted by atomic mass is 19.1. The fraction of sp³-hybridized carbons (Fsp3) is 0.533. The first-order chi connectivity index (χ1) is 9.09. The average molecular weight is 267 g/mol. The molecule has 0 atom stereocenters. The molecule has 19 heavy (non-hydrogen) atoms. The van der Waals surface area contributed by atoms with E-state index in [4.69, 9.17) is 4.74 Å². The van der Waals surface area contributed by atoms with E-state index in [1.807, 2.05) is 0 Å². The van der Waals surface area contributed by atoms with Crippen LogP contribution in [-0.2, 0) is 16.0 Å². The van der Waals surface area contributed by atoms with Gasteiger partial charge in [-0.05, 0) is 24.0 Å². The first kappa shape index (κ1) is 15.6. The van der Waals surface area contributed by atoms with Gasteiger partial charge >= 0.3 is 0 Å². The summed E-state index contributed by atoms with van der Waals surface area (Å²) in [6.45, 7) is 6.12. The monoisotopic (exact) mass is 267 g/mol. The number of amides is 1. The second-order valence-corrected chi connectivity index (χ2v) is 4.94. The molecule has 1 N–H and O–H groups in total. The normalized spacial score (nSPS) is 10.7. The van der Waals surface area contributed by atoms with Crippen LogP contribution in [0.15, 0.2) is 24.3 Å². The lowest BCUT2D eigenvalue weighted by atomic mass is 10.1. The second kappa shape index (κ2) is 8.64. The largest absolute Gasteiger partial charge is 0.381 e. The van der Waals surface area contributed by atoms with E-state index < -0.39 is 0 Å². The molecule has 1 aromatic rings. The highest BCUT2D eigenvalue weighted by molar-refractivity contribution is 5.78. The molecule has 1 amide bonds. The number of carbonyl (C=O) groups is 1. The lowest BCUT2D eigenvalue weighted by molar-refractivity contribution is -0.120. The molecule has 0 unspecified atom stereocenters. The topological polar surface area (TPSA) is 38.3 Å². The highest BCUT2D eigenvalue weighted by Crippen LogP contribution is 2.06. The molecule has 0 radical (unpaired) electrons. The van der Waals surface area contributed by atoms with Gasteiger partial charge in [-0.15, -0.1) is 0 Å². The zero-order valence-corrected chi connectivity index (χ0v) is 11.6. The van der Waals surface area contributed by atoms with Crippen LogP contribution >= 0.6 is 0 Å². The highest BCUT2D eigenvalue weighted by Gasteiger charge is 2.06. The van der Waals surface area contributed by atoms with Gasteiger partial charge in [0.15, 0.2) is 0 Å². The Hall–Kier alpha value is -1.42. The number of hydrogen-bond donors (Lipinski definition) is 1. The third-order valence-electron chi connectivity index (χ3n) is 2.55. The summed E-state index contributed by atoms with van der Waals surface area (Å²) >= 11 is 0. The van der Waals surface area contributed by atoms with Gasteiger partial charge in [-0.25, -0.2) is 4.39 Å². The fourth-order valence-electron chi connectivity index (χ4n) is 1.60. The number of nitrogens with one attached hydrogen (secondary N) is 1. The van der Waals surface area contributed by atoms with Crippen molar-refractivity contribution in [2.75, 3.05) is 19.8 Å². The Morgan fingerprint density at radius 2 is 2.11 bits per heavy atom. The molecule has 1 aromatic carbocycles. The molecule has 0 bridgehead atoms. The SMILES string of the molecule is CC(C)COCCCNC(=O)Cc1ccccc1F. The van der Waals surface area contributed by atoms with Crippen molar-refractivity contribution in [3.05, 3.63) is 35.6 Å². The van der Waals surface area contributed by atoms with Gasteiger partial charge < -0.3 is 10.1 Å². The Bertz CT molecular complexity index is 393. The average Bonchev–Trinajstić information content (AvgIpc) is 2.36. The summed E-state index contributed by atoms with van der Waals surface area (Å²) in [4.78, 5) is 11.6. The maximum absolute atomic E-state index is 13.3. The van der Waals surface area contributed by atoms with Crippen molar-refractivity contribution in [2.24, 2.45) is 5.92 Å². The van der Waals surface area contributed by atoms with Gasteiger partial charge in [0.1, 0.15) is 5.82 Å². The van der Waals surface area contributed by atoms with E-state index in [0.717, 1.165) is 13.0 Å². The van der Waals surface area contributed by atoms with Crippen LogP contribution in [0.4, 0.5) is 4.39 Å². The minimum Gasteiger partial charge on any atom is -0.381 e. The Kier molecular flexibility index (Phi) is 7.11. The van der Waals surface area contributed by atoms with Gasteiger partial charge in [-0.3, -0.25) is 4.79 Å². The minimum atomic E-state index is -0.335. The van der Waals surface area contributed by atoms with E-state index in [1.165, 1.54) is 6.07 Å². The summed E-state index contributed by atoms with van der Waals surface area (Å²) in [5, 5.41) is 2.76. The van der Waals surface area contributed by atoms with E-state index in [1.54, 1.807) is 18.2 Å². The molecular formula is C15H22FNO2. The van der Waals surface area contributed by atoms with Crippen LogP contribution in [0.25, 0.3) is 0 Å². The Balaban J connectivity index is 2.13. The smallest absolute Gasteiger partial charge is 0.224 e. The van der Waals surface area contributed by atoms with Crippen molar-refractivity contribution in [3.8, 4) is 0 Å². The van der Waals surface area contributed by atoms with Crippen LogP contribution in [0.2, 0.25) is 0 Å².